The van der Waals surface area contributed by atoms with Crippen molar-refractivity contribution in [1.82, 2.24) is 0 Å². The summed E-state index contributed by atoms with van der Waals surface area (Å²) in [7, 11) is 1.62. The van der Waals surface area contributed by atoms with Crippen molar-refractivity contribution >= 4 is 39.7 Å². The van der Waals surface area contributed by atoms with Gasteiger partial charge in [0.2, 0.25) is 5.91 Å². The van der Waals surface area contributed by atoms with Crippen LogP contribution >= 0.6 is 11.6 Å². The summed E-state index contributed by atoms with van der Waals surface area (Å²) in [5, 5.41) is 4.51. The molecule has 174 valence electrons. The fourth-order valence-corrected chi connectivity index (χ4v) is 4.10. The highest BCUT2D eigenvalue weighted by atomic mass is 35.5. The highest BCUT2D eigenvalue weighted by Crippen LogP contribution is 2.40. The van der Waals surface area contributed by atoms with Crippen LogP contribution in [0.5, 0.6) is 11.5 Å². The van der Waals surface area contributed by atoms with E-state index in [-0.39, 0.29) is 5.91 Å². The van der Waals surface area contributed by atoms with Gasteiger partial charge in [0, 0.05) is 38.9 Å². The fourth-order valence-electron chi connectivity index (χ4n) is 3.98. The minimum absolute atomic E-state index is 0.230. The molecule has 0 unspecified atom stereocenters. The number of rotatable bonds is 7. The first kappa shape index (κ1) is 23.5. The van der Waals surface area contributed by atoms with Crippen molar-refractivity contribution in [3.05, 3.63) is 83.1 Å². The largest absolute Gasteiger partial charge is 0.496 e. The Morgan fingerprint density at radius 2 is 1.82 bits per heavy atom. The number of anilines is 1. The van der Waals surface area contributed by atoms with E-state index >= 15 is 0 Å². The first-order valence-corrected chi connectivity index (χ1v) is 11.4. The summed E-state index contributed by atoms with van der Waals surface area (Å²) in [5.41, 5.74) is 5.85. The van der Waals surface area contributed by atoms with Crippen LogP contribution in [0.2, 0.25) is 5.02 Å². The molecular weight excluding hydrogens is 450 g/mol. The van der Waals surface area contributed by atoms with Crippen molar-refractivity contribution in [2.45, 2.75) is 20.8 Å². The number of amides is 1. The lowest BCUT2D eigenvalue weighted by atomic mass is 9.96. The Morgan fingerprint density at radius 1 is 1.12 bits per heavy atom. The van der Waals surface area contributed by atoms with E-state index in [9.17, 15) is 4.79 Å². The molecule has 1 N–H and O–H groups in total. The quantitative estimate of drug-likeness (QED) is 0.281. The Kier molecular flexibility index (Phi) is 6.94. The van der Waals surface area contributed by atoms with Gasteiger partial charge in [0.1, 0.15) is 17.1 Å². The maximum absolute atomic E-state index is 12.7. The molecule has 0 radical (unpaired) electrons. The lowest BCUT2D eigenvalue weighted by Gasteiger charge is -2.13. The SMILES string of the molecule is CCOc1ccc(NC(=O)/C=C(\C)c2cc3c(-c4ccc(Cl)cc4)coc3c(C)c2OC)cc1. The Balaban J connectivity index is 1.68. The number of hydrogen-bond acceptors (Lipinski definition) is 4. The predicted molar refractivity (Wildman–Crippen MR) is 138 cm³/mol. The zero-order chi connectivity index (χ0) is 24.2. The van der Waals surface area contributed by atoms with Gasteiger partial charge in [-0.1, -0.05) is 23.7 Å². The van der Waals surface area contributed by atoms with Crippen molar-refractivity contribution < 1.29 is 18.7 Å². The molecule has 1 amide bonds. The minimum atomic E-state index is -0.230. The molecular formula is C28H26ClNO4. The van der Waals surface area contributed by atoms with Gasteiger partial charge < -0.3 is 19.2 Å². The van der Waals surface area contributed by atoms with Crippen LogP contribution in [-0.2, 0) is 4.79 Å². The predicted octanol–water partition coefficient (Wildman–Crippen LogP) is 7.51. The molecule has 4 rings (SSSR count). The summed E-state index contributed by atoms with van der Waals surface area (Å²) in [4.78, 5) is 12.7. The number of fused-ring (bicyclic) bond motifs is 1. The highest BCUT2D eigenvalue weighted by molar-refractivity contribution is 6.30. The van der Waals surface area contributed by atoms with E-state index < -0.39 is 0 Å². The average molecular weight is 476 g/mol. The molecule has 0 atom stereocenters. The fraction of sp³-hybridized carbons (Fsp3) is 0.179. The summed E-state index contributed by atoms with van der Waals surface area (Å²) in [6.45, 7) is 6.37. The van der Waals surface area contributed by atoms with Crippen molar-refractivity contribution in [2.24, 2.45) is 0 Å². The molecule has 6 heteroatoms. The molecule has 0 aliphatic heterocycles. The van der Waals surface area contributed by atoms with Crippen LogP contribution in [0.15, 0.2) is 71.4 Å². The lowest BCUT2D eigenvalue weighted by Crippen LogP contribution is -2.08. The highest BCUT2D eigenvalue weighted by Gasteiger charge is 2.19. The van der Waals surface area contributed by atoms with E-state index in [1.807, 2.05) is 75.4 Å². The molecule has 0 saturated heterocycles. The monoisotopic (exact) mass is 475 g/mol. The number of hydrogen-bond donors (Lipinski definition) is 1. The van der Waals surface area contributed by atoms with Gasteiger partial charge in [-0.2, -0.15) is 0 Å². The number of benzene rings is 3. The molecule has 0 aliphatic rings. The molecule has 0 saturated carbocycles. The molecule has 34 heavy (non-hydrogen) atoms. The summed E-state index contributed by atoms with van der Waals surface area (Å²) in [6, 6.07) is 16.9. The van der Waals surface area contributed by atoms with E-state index in [4.69, 9.17) is 25.5 Å². The molecule has 4 aromatic rings. The summed E-state index contributed by atoms with van der Waals surface area (Å²) in [5.74, 6) is 1.20. The number of carbonyl (C=O) groups excluding carboxylic acids is 1. The van der Waals surface area contributed by atoms with Crippen LogP contribution in [0.3, 0.4) is 0 Å². The van der Waals surface area contributed by atoms with E-state index in [0.29, 0.717) is 23.1 Å². The maximum atomic E-state index is 12.7. The molecule has 1 heterocycles. The Labute approximate surface area is 203 Å². The number of ether oxygens (including phenoxy) is 2. The van der Waals surface area contributed by atoms with E-state index in [2.05, 4.69) is 5.32 Å². The molecule has 0 spiro atoms. The Bertz CT molecular complexity index is 1350. The zero-order valence-electron chi connectivity index (χ0n) is 19.6. The summed E-state index contributed by atoms with van der Waals surface area (Å²) >= 11 is 6.06. The maximum Gasteiger partial charge on any atom is 0.248 e. The topological polar surface area (TPSA) is 60.7 Å². The summed E-state index contributed by atoms with van der Waals surface area (Å²) < 4.78 is 17.1. The molecule has 3 aromatic carbocycles. The molecule has 0 bridgehead atoms. The molecule has 0 fully saturated rings. The third-order valence-electron chi connectivity index (χ3n) is 5.61. The molecule has 5 nitrogen and oxygen atoms in total. The first-order chi connectivity index (χ1) is 16.4. The smallest absolute Gasteiger partial charge is 0.248 e. The lowest BCUT2D eigenvalue weighted by molar-refractivity contribution is -0.111. The number of halogens is 1. The number of nitrogens with one attached hydrogen (secondary N) is 1. The van der Waals surface area contributed by atoms with Gasteiger partial charge in [-0.25, -0.2) is 0 Å². The second kappa shape index (κ2) is 10.1. The van der Waals surface area contributed by atoms with Gasteiger partial charge in [-0.15, -0.1) is 0 Å². The van der Waals surface area contributed by atoms with Gasteiger partial charge in [0.25, 0.3) is 0 Å². The number of carbonyl (C=O) groups is 1. The van der Waals surface area contributed by atoms with Crippen molar-refractivity contribution in [1.29, 1.82) is 0 Å². The molecule has 1 aromatic heterocycles. The third kappa shape index (κ3) is 4.80. The van der Waals surface area contributed by atoms with Crippen LogP contribution in [0, 0.1) is 6.92 Å². The second-order valence-corrected chi connectivity index (χ2v) is 8.33. The van der Waals surface area contributed by atoms with Crippen LogP contribution < -0.4 is 14.8 Å². The van der Waals surface area contributed by atoms with Crippen molar-refractivity contribution in [3.8, 4) is 22.6 Å². The first-order valence-electron chi connectivity index (χ1n) is 11.0. The third-order valence-corrected chi connectivity index (χ3v) is 5.86. The van der Waals surface area contributed by atoms with Crippen LogP contribution in [0.1, 0.15) is 25.0 Å². The number of allylic oxidation sites excluding steroid dienone is 1. The number of aryl methyl sites for hydroxylation is 1. The van der Waals surface area contributed by atoms with Crippen LogP contribution in [0.25, 0.3) is 27.7 Å². The van der Waals surface area contributed by atoms with Gasteiger partial charge in [-0.05, 0) is 74.4 Å². The van der Waals surface area contributed by atoms with Crippen molar-refractivity contribution in [3.63, 3.8) is 0 Å². The van der Waals surface area contributed by atoms with Crippen LogP contribution in [0.4, 0.5) is 5.69 Å². The number of furan rings is 1. The minimum Gasteiger partial charge on any atom is -0.496 e. The van der Waals surface area contributed by atoms with E-state index in [0.717, 1.165) is 44.5 Å². The van der Waals surface area contributed by atoms with Crippen LogP contribution in [-0.4, -0.2) is 19.6 Å². The second-order valence-electron chi connectivity index (χ2n) is 7.89. The Morgan fingerprint density at radius 3 is 2.47 bits per heavy atom. The van der Waals surface area contributed by atoms with E-state index in [1.54, 1.807) is 19.4 Å². The van der Waals surface area contributed by atoms with Gasteiger partial charge in [-0.3, -0.25) is 4.79 Å². The standard InChI is InChI=1S/C28H26ClNO4/c1-5-33-22-12-10-21(11-13-22)30-26(31)14-17(2)23-15-24-25(19-6-8-20(29)9-7-19)16-34-28(24)18(3)27(23)32-4/h6-16H,5H2,1-4H3,(H,30,31)/b17-14+. The van der Waals surface area contributed by atoms with E-state index in [1.165, 1.54) is 0 Å². The zero-order valence-corrected chi connectivity index (χ0v) is 20.3. The number of methoxy groups -OCH3 is 1. The van der Waals surface area contributed by atoms with Gasteiger partial charge >= 0.3 is 0 Å². The van der Waals surface area contributed by atoms with Gasteiger partial charge in [0.15, 0.2) is 0 Å². The van der Waals surface area contributed by atoms with Gasteiger partial charge in [0.05, 0.1) is 20.0 Å². The van der Waals surface area contributed by atoms with Crippen molar-refractivity contribution in [2.75, 3.05) is 19.0 Å². The normalized spacial score (nSPS) is 11.5. The summed E-state index contributed by atoms with van der Waals surface area (Å²) in [6.07, 6.45) is 3.31. The molecule has 0 aliphatic carbocycles. The average Bonchev–Trinajstić information content (AvgIpc) is 3.25. The Hall–Kier alpha value is -3.70.